The first-order valence-corrected chi connectivity index (χ1v) is 14.2. The lowest BCUT2D eigenvalue weighted by molar-refractivity contribution is 0.0596. The summed E-state index contributed by atoms with van der Waals surface area (Å²) in [6.45, 7) is 0.349. The van der Waals surface area contributed by atoms with Crippen molar-refractivity contribution in [3.63, 3.8) is 0 Å². The number of methoxy groups -OCH3 is 2. The van der Waals surface area contributed by atoms with Crippen molar-refractivity contribution in [1.82, 2.24) is 15.2 Å². The largest absolute Gasteiger partial charge is 0.493 e. The highest BCUT2D eigenvalue weighted by molar-refractivity contribution is 7.17. The second-order valence-electron chi connectivity index (χ2n) is 9.47. The van der Waals surface area contributed by atoms with E-state index in [2.05, 4.69) is 10.3 Å². The summed E-state index contributed by atoms with van der Waals surface area (Å²) < 4.78 is 17.3. The maximum atomic E-state index is 14.0. The number of likely N-dealkylation sites (tertiary alicyclic amines) is 1. The lowest BCUT2D eigenvalue weighted by Gasteiger charge is -2.35. The Morgan fingerprint density at radius 1 is 1.05 bits per heavy atom. The molecule has 8 nitrogen and oxygen atoms in total. The molecular formula is C28H27N3O5S2. The number of nitrogens with one attached hydrogen (secondary N) is 1. The van der Waals surface area contributed by atoms with Crippen LogP contribution in [0.25, 0.3) is 21.3 Å². The van der Waals surface area contributed by atoms with Gasteiger partial charge in [-0.25, -0.2) is 9.78 Å². The molecule has 0 spiro atoms. The average Bonchev–Trinajstić information content (AvgIpc) is 3.75. The zero-order valence-electron chi connectivity index (χ0n) is 21.0. The molecule has 3 heterocycles. The van der Waals surface area contributed by atoms with Crippen molar-refractivity contribution in [2.45, 2.75) is 31.3 Å². The maximum absolute atomic E-state index is 14.0. The second-order valence-corrected chi connectivity index (χ2v) is 11.2. The average molecular weight is 550 g/mol. The zero-order chi connectivity index (χ0) is 26.2. The minimum atomic E-state index is -0.525. The van der Waals surface area contributed by atoms with Crippen molar-refractivity contribution >= 4 is 44.9 Å². The summed E-state index contributed by atoms with van der Waals surface area (Å²) in [5.41, 5.74) is 4.29. The first kappa shape index (κ1) is 24.7. The summed E-state index contributed by atoms with van der Waals surface area (Å²) in [5.74, 6) is 2.11. The van der Waals surface area contributed by atoms with Crippen LogP contribution in [0.5, 0.6) is 17.2 Å². The number of rotatable bonds is 7. The minimum Gasteiger partial charge on any atom is -0.493 e. The van der Waals surface area contributed by atoms with Gasteiger partial charge in [-0.2, -0.15) is 0 Å². The fourth-order valence-electron chi connectivity index (χ4n) is 5.76. The number of hydrogen-bond acceptors (Lipinski definition) is 8. The monoisotopic (exact) mass is 549 g/mol. The first-order chi connectivity index (χ1) is 18.6. The van der Waals surface area contributed by atoms with E-state index in [4.69, 9.17) is 14.2 Å². The lowest BCUT2D eigenvalue weighted by Crippen LogP contribution is -2.50. The summed E-state index contributed by atoms with van der Waals surface area (Å²) >= 11 is 2.87. The molecular weight excluding hydrogens is 522 g/mol. The molecule has 4 aromatic rings. The Hall–Kier alpha value is -3.63. The van der Waals surface area contributed by atoms with E-state index in [0.29, 0.717) is 34.6 Å². The normalized spacial score (nSPS) is 20.1. The quantitative estimate of drug-likeness (QED) is 0.312. The number of benzene rings is 2. The molecule has 1 N–H and O–H groups in total. The molecule has 3 atom stereocenters. The van der Waals surface area contributed by atoms with E-state index < -0.39 is 6.09 Å². The van der Waals surface area contributed by atoms with Gasteiger partial charge in [0.2, 0.25) is 0 Å². The van der Waals surface area contributed by atoms with Gasteiger partial charge in [0.05, 0.1) is 40.9 Å². The highest BCUT2D eigenvalue weighted by atomic mass is 32.1. The van der Waals surface area contributed by atoms with Crippen LogP contribution in [0.3, 0.4) is 0 Å². The van der Waals surface area contributed by atoms with Gasteiger partial charge in [-0.05, 0) is 66.5 Å². The Morgan fingerprint density at radius 3 is 2.76 bits per heavy atom. The molecule has 196 valence electrons. The molecule has 1 saturated carbocycles. The van der Waals surface area contributed by atoms with Gasteiger partial charge in [0.1, 0.15) is 0 Å². The highest BCUT2D eigenvalue weighted by Crippen LogP contribution is 2.44. The SMILES string of the molecule is COc1ccc(-c2ccsc2C(=O)N2[C@@H]3CC[C@@H](C3)[C@H]2CNC(=O)Oc2cccc3ncsc23)cc1OC. The molecule has 2 amide bonds. The maximum Gasteiger partial charge on any atom is 0.412 e. The summed E-state index contributed by atoms with van der Waals surface area (Å²) in [4.78, 5) is 33.6. The number of amides is 2. The van der Waals surface area contributed by atoms with Crippen LogP contribution in [0.4, 0.5) is 4.79 Å². The molecule has 2 bridgehead atoms. The zero-order valence-corrected chi connectivity index (χ0v) is 22.6. The van der Waals surface area contributed by atoms with E-state index in [-0.39, 0.29) is 18.0 Å². The van der Waals surface area contributed by atoms with Crippen LogP contribution in [-0.2, 0) is 0 Å². The minimum absolute atomic E-state index is 0.00609. The van der Waals surface area contributed by atoms with Crippen molar-refractivity contribution in [3.8, 4) is 28.4 Å². The predicted octanol–water partition coefficient (Wildman–Crippen LogP) is 5.82. The van der Waals surface area contributed by atoms with E-state index in [9.17, 15) is 9.59 Å². The Balaban J connectivity index is 1.19. The fourth-order valence-corrected chi connectivity index (χ4v) is 7.36. The van der Waals surface area contributed by atoms with Gasteiger partial charge in [-0.15, -0.1) is 22.7 Å². The third-order valence-corrected chi connectivity index (χ3v) is 9.27. The smallest absolute Gasteiger partial charge is 0.412 e. The predicted molar refractivity (Wildman–Crippen MR) is 148 cm³/mol. The van der Waals surface area contributed by atoms with Crippen LogP contribution < -0.4 is 19.5 Å². The van der Waals surface area contributed by atoms with Crippen LogP contribution in [0.15, 0.2) is 53.4 Å². The molecule has 0 unspecified atom stereocenters. The van der Waals surface area contributed by atoms with E-state index in [1.165, 1.54) is 22.7 Å². The number of fused-ring (bicyclic) bond motifs is 3. The van der Waals surface area contributed by atoms with Gasteiger partial charge in [0.15, 0.2) is 17.2 Å². The number of piperidine rings is 1. The topological polar surface area (TPSA) is 90.0 Å². The van der Waals surface area contributed by atoms with Gasteiger partial charge in [-0.3, -0.25) is 4.79 Å². The number of thiophene rings is 1. The number of ether oxygens (including phenoxy) is 3. The molecule has 1 aliphatic heterocycles. The molecule has 38 heavy (non-hydrogen) atoms. The molecule has 6 rings (SSSR count). The summed E-state index contributed by atoms with van der Waals surface area (Å²) in [6.07, 6.45) is 2.48. The van der Waals surface area contributed by atoms with Crippen molar-refractivity contribution in [1.29, 1.82) is 0 Å². The molecule has 2 aromatic carbocycles. The van der Waals surface area contributed by atoms with Crippen molar-refractivity contribution < 1.29 is 23.8 Å². The van der Waals surface area contributed by atoms with Crippen LogP contribution in [0, 0.1) is 5.92 Å². The van der Waals surface area contributed by atoms with Crippen molar-refractivity contribution in [3.05, 3.63) is 58.2 Å². The van der Waals surface area contributed by atoms with E-state index in [0.717, 1.165) is 40.6 Å². The summed E-state index contributed by atoms with van der Waals surface area (Å²) in [6, 6.07) is 13.2. The molecule has 2 fully saturated rings. The number of carbonyl (C=O) groups excluding carboxylic acids is 2. The van der Waals surface area contributed by atoms with Gasteiger partial charge >= 0.3 is 6.09 Å². The van der Waals surface area contributed by atoms with Gasteiger partial charge in [0.25, 0.3) is 5.91 Å². The Kier molecular flexibility index (Phi) is 6.67. The molecule has 0 radical (unpaired) electrons. The number of hydrogen-bond donors (Lipinski definition) is 1. The van der Waals surface area contributed by atoms with Gasteiger partial charge < -0.3 is 24.4 Å². The second kappa shape index (κ2) is 10.3. The van der Waals surface area contributed by atoms with Gasteiger partial charge in [0, 0.05) is 18.2 Å². The summed E-state index contributed by atoms with van der Waals surface area (Å²) in [7, 11) is 3.20. The lowest BCUT2D eigenvalue weighted by atomic mass is 9.98. The fraction of sp³-hybridized carbons (Fsp3) is 0.321. The van der Waals surface area contributed by atoms with Gasteiger partial charge in [-0.1, -0.05) is 12.1 Å². The van der Waals surface area contributed by atoms with E-state index in [1.807, 2.05) is 46.7 Å². The summed E-state index contributed by atoms with van der Waals surface area (Å²) in [5, 5.41) is 4.86. The third kappa shape index (κ3) is 4.37. The van der Waals surface area contributed by atoms with Crippen molar-refractivity contribution in [2.24, 2.45) is 5.92 Å². The highest BCUT2D eigenvalue weighted by Gasteiger charge is 2.48. The Bertz CT molecular complexity index is 1500. The number of aromatic nitrogens is 1. The Morgan fingerprint density at radius 2 is 1.92 bits per heavy atom. The first-order valence-electron chi connectivity index (χ1n) is 12.5. The molecule has 10 heteroatoms. The third-order valence-electron chi connectivity index (χ3n) is 7.51. The molecule has 2 aliphatic rings. The van der Waals surface area contributed by atoms with Crippen LogP contribution in [0.2, 0.25) is 0 Å². The standard InChI is InChI=1S/C28H27N3O5S2/c1-34-22-9-7-16(13-24(22)35-2)19-10-11-37-25(19)27(32)31-18-8-6-17(12-18)21(31)14-29-28(33)36-23-5-3-4-20-26(23)38-15-30-20/h3-5,7,9-11,13,15,17-18,21H,6,8,12,14H2,1-2H3,(H,29,33)/t17-,18+,21+/m0/s1. The molecule has 2 aromatic heterocycles. The van der Waals surface area contributed by atoms with Crippen LogP contribution in [-0.4, -0.2) is 54.7 Å². The number of thiazole rings is 1. The number of nitrogens with zero attached hydrogens (tertiary/aromatic N) is 2. The number of carbonyl (C=O) groups is 2. The van der Waals surface area contributed by atoms with Crippen LogP contribution in [0.1, 0.15) is 28.9 Å². The van der Waals surface area contributed by atoms with E-state index in [1.54, 1.807) is 25.8 Å². The molecule has 1 saturated heterocycles. The Labute approximate surface area is 228 Å². The van der Waals surface area contributed by atoms with E-state index >= 15 is 0 Å². The molecule has 1 aliphatic carbocycles. The van der Waals surface area contributed by atoms with Crippen LogP contribution >= 0.6 is 22.7 Å². The van der Waals surface area contributed by atoms with Crippen molar-refractivity contribution in [2.75, 3.05) is 20.8 Å².